The van der Waals surface area contributed by atoms with Crippen LogP contribution in [0.4, 0.5) is 0 Å². The first-order chi connectivity index (χ1) is 9.65. The molecule has 3 rings (SSSR count). The topological polar surface area (TPSA) is 3.24 Å². The second-order valence-corrected chi connectivity index (χ2v) is 6.17. The zero-order valence-corrected chi connectivity index (χ0v) is 12.7. The molecule has 1 aliphatic carbocycles. The van der Waals surface area contributed by atoms with E-state index in [4.69, 9.17) is 0 Å². The SMILES string of the molecule is Cc1cccc(-c2cccc3c2CCC(N(C)C)C3)c1. The first kappa shape index (κ1) is 13.4. The monoisotopic (exact) mass is 265 g/mol. The molecule has 1 heteroatoms. The fourth-order valence-electron chi connectivity index (χ4n) is 3.31. The van der Waals surface area contributed by atoms with E-state index < -0.39 is 0 Å². The molecule has 0 spiro atoms. The molecule has 0 radical (unpaired) electrons. The van der Waals surface area contributed by atoms with Gasteiger partial charge in [0.1, 0.15) is 0 Å². The van der Waals surface area contributed by atoms with Crippen LogP contribution in [-0.4, -0.2) is 25.0 Å². The van der Waals surface area contributed by atoms with Crippen LogP contribution in [-0.2, 0) is 12.8 Å². The van der Waals surface area contributed by atoms with Gasteiger partial charge in [-0.2, -0.15) is 0 Å². The Morgan fingerprint density at radius 3 is 2.60 bits per heavy atom. The third-order valence-electron chi connectivity index (χ3n) is 4.52. The van der Waals surface area contributed by atoms with Crippen LogP contribution >= 0.6 is 0 Å². The molecular formula is C19H23N. The zero-order valence-electron chi connectivity index (χ0n) is 12.7. The summed E-state index contributed by atoms with van der Waals surface area (Å²) in [4.78, 5) is 2.36. The minimum absolute atomic E-state index is 0.690. The van der Waals surface area contributed by atoms with Crippen molar-refractivity contribution in [1.82, 2.24) is 4.90 Å². The second-order valence-electron chi connectivity index (χ2n) is 6.17. The van der Waals surface area contributed by atoms with Crippen molar-refractivity contribution < 1.29 is 0 Å². The third-order valence-corrected chi connectivity index (χ3v) is 4.52. The highest BCUT2D eigenvalue weighted by molar-refractivity contribution is 5.69. The maximum Gasteiger partial charge on any atom is 0.0133 e. The summed E-state index contributed by atoms with van der Waals surface area (Å²) in [5.41, 5.74) is 7.24. The van der Waals surface area contributed by atoms with Gasteiger partial charge in [-0.25, -0.2) is 0 Å². The maximum absolute atomic E-state index is 2.36. The van der Waals surface area contributed by atoms with Crippen molar-refractivity contribution in [3.63, 3.8) is 0 Å². The summed E-state index contributed by atoms with van der Waals surface area (Å²) >= 11 is 0. The van der Waals surface area contributed by atoms with Crippen molar-refractivity contribution in [3.05, 3.63) is 59.2 Å². The van der Waals surface area contributed by atoms with E-state index in [1.54, 1.807) is 5.56 Å². The van der Waals surface area contributed by atoms with E-state index in [1.807, 2.05) is 0 Å². The maximum atomic E-state index is 2.36. The lowest BCUT2D eigenvalue weighted by atomic mass is 9.83. The molecular weight excluding hydrogens is 242 g/mol. The van der Waals surface area contributed by atoms with Crippen LogP contribution in [0.5, 0.6) is 0 Å². The summed E-state index contributed by atoms with van der Waals surface area (Å²) in [6.07, 6.45) is 3.65. The molecule has 1 nitrogen and oxygen atoms in total. The number of rotatable bonds is 2. The Morgan fingerprint density at radius 2 is 1.85 bits per heavy atom. The Hall–Kier alpha value is -1.60. The van der Waals surface area contributed by atoms with Gasteiger partial charge in [0.25, 0.3) is 0 Å². The number of nitrogens with zero attached hydrogens (tertiary/aromatic N) is 1. The van der Waals surface area contributed by atoms with Crippen LogP contribution < -0.4 is 0 Å². The molecule has 0 heterocycles. The third kappa shape index (κ3) is 2.51. The molecule has 2 aromatic rings. The fourth-order valence-corrected chi connectivity index (χ4v) is 3.31. The predicted octanol–water partition coefficient (Wildman–Crippen LogP) is 4.08. The lowest BCUT2D eigenvalue weighted by molar-refractivity contribution is 0.268. The molecule has 0 amide bonds. The van der Waals surface area contributed by atoms with Crippen molar-refractivity contribution in [1.29, 1.82) is 0 Å². The number of hydrogen-bond acceptors (Lipinski definition) is 1. The lowest BCUT2D eigenvalue weighted by Crippen LogP contribution is -2.33. The normalized spacial score (nSPS) is 18.1. The summed E-state index contributed by atoms with van der Waals surface area (Å²) in [5.74, 6) is 0. The first-order valence-corrected chi connectivity index (χ1v) is 7.49. The van der Waals surface area contributed by atoms with Gasteiger partial charge in [-0.05, 0) is 62.5 Å². The van der Waals surface area contributed by atoms with Gasteiger partial charge >= 0.3 is 0 Å². The number of likely N-dealkylation sites (N-methyl/N-ethyl adjacent to an activating group) is 1. The van der Waals surface area contributed by atoms with Crippen molar-refractivity contribution >= 4 is 0 Å². The van der Waals surface area contributed by atoms with Gasteiger partial charge in [-0.3, -0.25) is 0 Å². The predicted molar refractivity (Wildman–Crippen MR) is 86.1 cm³/mol. The fraction of sp³-hybridized carbons (Fsp3) is 0.368. The molecule has 1 aliphatic rings. The second kappa shape index (κ2) is 5.41. The Morgan fingerprint density at radius 1 is 1.05 bits per heavy atom. The minimum atomic E-state index is 0.690. The molecule has 0 fully saturated rings. The van der Waals surface area contributed by atoms with Crippen LogP contribution in [0.15, 0.2) is 42.5 Å². The average molecular weight is 265 g/mol. The number of fused-ring (bicyclic) bond motifs is 1. The molecule has 1 atom stereocenters. The van der Waals surface area contributed by atoms with Crippen molar-refractivity contribution in [2.75, 3.05) is 14.1 Å². The highest BCUT2D eigenvalue weighted by Gasteiger charge is 2.22. The summed E-state index contributed by atoms with van der Waals surface area (Å²) < 4.78 is 0. The molecule has 20 heavy (non-hydrogen) atoms. The first-order valence-electron chi connectivity index (χ1n) is 7.49. The Kier molecular flexibility index (Phi) is 3.62. The van der Waals surface area contributed by atoms with Gasteiger partial charge in [-0.1, -0.05) is 48.0 Å². The van der Waals surface area contributed by atoms with Gasteiger partial charge in [0.2, 0.25) is 0 Å². The van der Waals surface area contributed by atoms with Gasteiger partial charge in [0.15, 0.2) is 0 Å². The average Bonchev–Trinajstić information content (AvgIpc) is 2.46. The minimum Gasteiger partial charge on any atom is -0.306 e. The lowest BCUT2D eigenvalue weighted by Gasteiger charge is -2.31. The quantitative estimate of drug-likeness (QED) is 0.791. The van der Waals surface area contributed by atoms with E-state index in [-0.39, 0.29) is 0 Å². The summed E-state index contributed by atoms with van der Waals surface area (Å²) in [6.45, 7) is 2.17. The zero-order chi connectivity index (χ0) is 14.1. The standard InChI is InChI=1S/C19H23N/c1-14-6-4-7-15(12-14)18-9-5-8-16-13-17(20(2)3)10-11-19(16)18/h4-9,12,17H,10-11,13H2,1-3H3. The van der Waals surface area contributed by atoms with E-state index >= 15 is 0 Å². The molecule has 0 N–H and O–H groups in total. The molecule has 0 aromatic heterocycles. The van der Waals surface area contributed by atoms with Crippen LogP contribution in [0.25, 0.3) is 11.1 Å². The molecule has 2 aromatic carbocycles. The van der Waals surface area contributed by atoms with E-state index in [0.29, 0.717) is 6.04 Å². The van der Waals surface area contributed by atoms with E-state index in [0.717, 1.165) is 0 Å². The molecule has 0 saturated carbocycles. The summed E-state index contributed by atoms with van der Waals surface area (Å²) in [6, 6.07) is 16.4. The van der Waals surface area contributed by atoms with Crippen LogP contribution in [0.2, 0.25) is 0 Å². The Bertz CT molecular complexity index is 613. The highest BCUT2D eigenvalue weighted by Crippen LogP contribution is 2.32. The van der Waals surface area contributed by atoms with E-state index in [2.05, 4.69) is 68.4 Å². The van der Waals surface area contributed by atoms with Crippen molar-refractivity contribution in [2.45, 2.75) is 32.2 Å². The van der Waals surface area contributed by atoms with Gasteiger partial charge in [0.05, 0.1) is 0 Å². The molecule has 104 valence electrons. The number of benzene rings is 2. The summed E-state index contributed by atoms with van der Waals surface area (Å²) in [5, 5.41) is 0. The Balaban J connectivity index is 2.01. The summed E-state index contributed by atoms with van der Waals surface area (Å²) in [7, 11) is 4.39. The molecule has 0 aliphatic heterocycles. The number of hydrogen-bond donors (Lipinski definition) is 0. The Labute approximate surface area is 122 Å². The molecule has 1 unspecified atom stereocenters. The number of aryl methyl sites for hydroxylation is 1. The largest absolute Gasteiger partial charge is 0.306 e. The highest BCUT2D eigenvalue weighted by atomic mass is 15.1. The van der Waals surface area contributed by atoms with Crippen LogP contribution in [0.1, 0.15) is 23.1 Å². The van der Waals surface area contributed by atoms with Crippen molar-refractivity contribution in [3.8, 4) is 11.1 Å². The van der Waals surface area contributed by atoms with Crippen molar-refractivity contribution in [2.24, 2.45) is 0 Å². The van der Waals surface area contributed by atoms with Crippen LogP contribution in [0.3, 0.4) is 0 Å². The van der Waals surface area contributed by atoms with Crippen LogP contribution in [0, 0.1) is 6.92 Å². The van der Waals surface area contributed by atoms with Gasteiger partial charge in [-0.15, -0.1) is 0 Å². The van der Waals surface area contributed by atoms with E-state index in [9.17, 15) is 0 Å². The molecule has 0 bridgehead atoms. The van der Waals surface area contributed by atoms with Gasteiger partial charge in [0, 0.05) is 6.04 Å². The van der Waals surface area contributed by atoms with Gasteiger partial charge < -0.3 is 4.90 Å². The van der Waals surface area contributed by atoms with E-state index in [1.165, 1.54) is 41.5 Å². The smallest absolute Gasteiger partial charge is 0.0133 e. The molecule has 0 saturated heterocycles.